The Morgan fingerprint density at radius 1 is 1.11 bits per heavy atom. The van der Waals surface area contributed by atoms with Crippen molar-refractivity contribution in [2.24, 2.45) is 17.8 Å². The molecule has 0 radical (unpaired) electrons. The fourth-order valence-corrected chi connectivity index (χ4v) is 5.03. The molecule has 5 nitrogen and oxygen atoms in total. The summed E-state index contributed by atoms with van der Waals surface area (Å²) in [4.78, 5) is 24.2. The minimum Gasteiger partial charge on any atom is -0.374 e. The number of benzene rings is 1. The summed E-state index contributed by atoms with van der Waals surface area (Å²) in [5.74, 6) is 2.26. The first-order valence-corrected chi connectivity index (χ1v) is 10.2. The molecule has 2 saturated carbocycles. The van der Waals surface area contributed by atoms with Crippen LogP contribution in [0.15, 0.2) is 12.1 Å². The maximum atomic E-state index is 12.7. The Kier molecular flexibility index (Phi) is 5.78. The van der Waals surface area contributed by atoms with Gasteiger partial charge in [-0.15, -0.1) is 0 Å². The molecule has 0 heterocycles. The van der Waals surface area contributed by atoms with Gasteiger partial charge < -0.3 is 16.0 Å². The fraction of sp³-hybridized carbons (Fsp3) is 0.636. The number of rotatable bonds is 6. The molecule has 0 spiro atoms. The molecule has 27 heavy (non-hydrogen) atoms. The fourth-order valence-electron chi connectivity index (χ4n) is 5.03. The second-order valence-corrected chi connectivity index (χ2v) is 8.61. The Hall–Kier alpha value is -2.04. The monoisotopic (exact) mass is 371 g/mol. The van der Waals surface area contributed by atoms with Gasteiger partial charge in [-0.25, -0.2) is 0 Å². The number of hydrogen-bond donors (Lipinski definition) is 3. The highest BCUT2D eigenvalue weighted by molar-refractivity contribution is 5.92. The first kappa shape index (κ1) is 19.7. The topological polar surface area (TPSA) is 70.2 Å². The number of aryl methyl sites for hydroxylation is 1. The van der Waals surface area contributed by atoms with Gasteiger partial charge >= 0.3 is 0 Å². The molecule has 3 rings (SSSR count). The number of anilines is 2. The zero-order chi connectivity index (χ0) is 19.7. The molecule has 1 aromatic rings. The number of amides is 2. The molecule has 1 aromatic carbocycles. The number of hydrogen-bond acceptors (Lipinski definition) is 3. The van der Waals surface area contributed by atoms with Crippen LogP contribution in [0.25, 0.3) is 0 Å². The van der Waals surface area contributed by atoms with Crippen molar-refractivity contribution in [2.45, 2.75) is 72.4 Å². The number of carbonyl (C=O) groups excluding carboxylic acids is 2. The van der Waals surface area contributed by atoms with Crippen molar-refractivity contribution in [1.82, 2.24) is 5.32 Å². The van der Waals surface area contributed by atoms with E-state index in [0.717, 1.165) is 34.3 Å². The van der Waals surface area contributed by atoms with Gasteiger partial charge in [-0.1, -0.05) is 12.5 Å². The summed E-state index contributed by atoms with van der Waals surface area (Å²) in [5.41, 5.74) is 3.65. The Morgan fingerprint density at radius 2 is 1.85 bits per heavy atom. The minimum absolute atomic E-state index is 0.0336. The largest absolute Gasteiger partial charge is 0.374 e. The van der Waals surface area contributed by atoms with Crippen LogP contribution in [0, 0.1) is 31.6 Å². The van der Waals surface area contributed by atoms with Crippen LogP contribution in [0.4, 0.5) is 11.4 Å². The van der Waals surface area contributed by atoms with E-state index in [9.17, 15) is 9.59 Å². The Bertz CT molecular complexity index is 731. The summed E-state index contributed by atoms with van der Waals surface area (Å²) in [6, 6.07) is 3.83. The lowest BCUT2D eigenvalue weighted by Gasteiger charge is -2.29. The molecule has 2 bridgehead atoms. The van der Waals surface area contributed by atoms with Crippen LogP contribution in [0.5, 0.6) is 0 Å². The number of nitrogens with one attached hydrogen (secondary N) is 3. The number of fused-ring (bicyclic) bond motifs is 2. The zero-order valence-electron chi connectivity index (χ0n) is 17.2. The molecule has 5 atom stereocenters. The van der Waals surface area contributed by atoms with Crippen LogP contribution in [-0.4, -0.2) is 23.9 Å². The molecule has 2 amide bonds. The summed E-state index contributed by atoms with van der Waals surface area (Å²) in [5, 5.41) is 9.44. The van der Waals surface area contributed by atoms with Crippen molar-refractivity contribution in [3.8, 4) is 0 Å². The molecule has 5 heteroatoms. The summed E-state index contributed by atoms with van der Waals surface area (Å²) >= 11 is 0. The standard InChI is InChI=1S/C22H33N3O2/c1-12-6-9-20(13(2)21(12)25-16(5)26)23-15(4)22(27)24-14(3)19-11-17-7-8-18(19)10-17/h6,9,14-15,17-19,23H,7-8,10-11H2,1-5H3,(H,24,27)(H,25,26)/t14-,15+,17-,18-,19-/m0/s1. The van der Waals surface area contributed by atoms with Crippen molar-refractivity contribution >= 4 is 23.2 Å². The third-order valence-corrected chi connectivity index (χ3v) is 6.54. The first-order chi connectivity index (χ1) is 12.8. The van der Waals surface area contributed by atoms with Crippen LogP contribution < -0.4 is 16.0 Å². The smallest absolute Gasteiger partial charge is 0.242 e. The van der Waals surface area contributed by atoms with Gasteiger partial charge in [0, 0.05) is 24.3 Å². The Balaban J connectivity index is 1.62. The highest BCUT2D eigenvalue weighted by Crippen LogP contribution is 2.49. The van der Waals surface area contributed by atoms with E-state index in [1.54, 1.807) is 0 Å². The predicted molar refractivity (Wildman–Crippen MR) is 110 cm³/mol. The Morgan fingerprint density at radius 3 is 2.44 bits per heavy atom. The summed E-state index contributed by atoms with van der Waals surface area (Å²) in [7, 11) is 0. The predicted octanol–water partition coefficient (Wildman–Crippen LogP) is 4.00. The second-order valence-electron chi connectivity index (χ2n) is 8.61. The van der Waals surface area contributed by atoms with E-state index in [-0.39, 0.29) is 23.9 Å². The van der Waals surface area contributed by atoms with E-state index in [1.165, 1.54) is 32.6 Å². The van der Waals surface area contributed by atoms with E-state index in [2.05, 4.69) is 22.9 Å². The molecule has 148 valence electrons. The summed E-state index contributed by atoms with van der Waals surface area (Å²) in [6.07, 6.45) is 5.33. The molecule has 2 aliphatic rings. The average Bonchev–Trinajstić information content (AvgIpc) is 3.24. The van der Waals surface area contributed by atoms with E-state index in [1.807, 2.05) is 32.9 Å². The highest BCUT2D eigenvalue weighted by atomic mass is 16.2. The molecule has 2 fully saturated rings. The van der Waals surface area contributed by atoms with Crippen molar-refractivity contribution in [3.05, 3.63) is 23.3 Å². The molecule has 0 aliphatic heterocycles. The van der Waals surface area contributed by atoms with Gasteiger partial charge in [0.2, 0.25) is 11.8 Å². The molecule has 0 aromatic heterocycles. The molecule has 3 N–H and O–H groups in total. The van der Waals surface area contributed by atoms with Crippen LogP contribution >= 0.6 is 0 Å². The lowest BCUT2D eigenvalue weighted by molar-refractivity contribution is -0.122. The minimum atomic E-state index is -0.336. The highest BCUT2D eigenvalue weighted by Gasteiger charge is 2.42. The van der Waals surface area contributed by atoms with E-state index >= 15 is 0 Å². The van der Waals surface area contributed by atoms with E-state index in [0.29, 0.717) is 5.92 Å². The normalized spacial score (nSPS) is 25.7. The summed E-state index contributed by atoms with van der Waals surface area (Å²) in [6.45, 7) is 9.48. The van der Waals surface area contributed by atoms with Crippen molar-refractivity contribution < 1.29 is 9.59 Å². The van der Waals surface area contributed by atoms with E-state index < -0.39 is 0 Å². The molecule has 2 aliphatic carbocycles. The van der Waals surface area contributed by atoms with Gasteiger partial charge in [-0.05, 0) is 81.9 Å². The molecular formula is C22H33N3O2. The third kappa shape index (κ3) is 4.28. The van der Waals surface area contributed by atoms with Gasteiger partial charge in [0.05, 0.1) is 0 Å². The lowest BCUT2D eigenvalue weighted by Crippen LogP contribution is -2.46. The van der Waals surface area contributed by atoms with Crippen LogP contribution in [-0.2, 0) is 9.59 Å². The van der Waals surface area contributed by atoms with E-state index in [4.69, 9.17) is 0 Å². The second kappa shape index (κ2) is 7.91. The van der Waals surface area contributed by atoms with Crippen molar-refractivity contribution in [3.63, 3.8) is 0 Å². The zero-order valence-corrected chi connectivity index (χ0v) is 17.2. The number of carbonyl (C=O) groups is 2. The Labute approximate surface area is 162 Å². The van der Waals surface area contributed by atoms with Gasteiger partial charge in [0.1, 0.15) is 6.04 Å². The van der Waals surface area contributed by atoms with Gasteiger partial charge in [0.15, 0.2) is 0 Å². The van der Waals surface area contributed by atoms with Crippen LogP contribution in [0.3, 0.4) is 0 Å². The quantitative estimate of drug-likeness (QED) is 0.708. The third-order valence-electron chi connectivity index (χ3n) is 6.54. The van der Waals surface area contributed by atoms with Gasteiger partial charge in [0.25, 0.3) is 0 Å². The van der Waals surface area contributed by atoms with Crippen molar-refractivity contribution in [1.29, 1.82) is 0 Å². The molecule has 0 unspecified atom stereocenters. The maximum absolute atomic E-state index is 12.7. The first-order valence-electron chi connectivity index (χ1n) is 10.2. The van der Waals surface area contributed by atoms with Crippen LogP contribution in [0.1, 0.15) is 57.6 Å². The van der Waals surface area contributed by atoms with Crippen LogP contribution in [0.2, 0.25) is 0 Å². The summed E-state index contributed by atoms with van der Waals surface area (Å²) < 4.78 is 0. The maximum Gasteiger partial charge on any atom is 0.242 e. The van der Waals surface area contributed by atoms with Crippen molar-refractivity contribution in [2.75, 3.05) is 10.6 Å². The lowest BCUT2D eigenvalue weighted by atomic mass is 9.84. The average molecular weight is 372 g/mol. The SMILES string of the molecule is CC(=O)Nc1c(C)ccc(N[C@H](C)C(=O)N[C@@H](C)[C@@H]2C[C@H]3CC[C@H]2C3)c1C. The van der Waals surface area contributed by atoms with Gasteiger partial charge in [-0.3, -0.25) is 9.59 Å². The molecule has 0 saturated heterocycles. The van der Waals surface area contributed by atoms with Gasteiger partial charge in [-0.2, -0.15) is 0 Å². The molecular weight excluding hydrogens is 338 g/mol.